The summed E-state index contributed by atoms with van der Waals surface area (Å²) in [4.78, 5) is 35.3. The average Bonchev–Trinajstić information content (AvgIpc) is 3.54. The van der Waals surface area contributed by atoms with Gasteiger partial charge in [-0.3, -0.25) is 19.1 Å². The Morgan fingerprint density at radius 2 is 1.67 bits per heavy atom. The summed E-state index contributed by atoms with van der Waals surface area (Å²) in [6.07, 6.45) is 4.24. The van der Waals surface area contributed by atoms with Gasteiger partial charge < -0.3 is 15.2 Å². The van der Waals surface area contributed by atoms with Crippen molar-refractivity contribution in [3.63, 3.8) is 0 Å². The number of piperazine rings is 1. The molecule has 0 radical (unpaired) electrons. The maximum Gasteiger partial charge on any atom is 0.265 e. The molecule has 1 saturated heterocycles. The van der Waals surface area contributed by atoms with Crippen LogP contribution in [0.15, 0.2) is 102 Å². The van der Waals surface area contributed by atoms with Crippen LogP contribution < -0.4 is 10.9 Å². The zero-order valence-corrected chi connectivity index (χ0v) is 27.7. The van der Waals surface area contributed by atoms with Crippen molar-refractivity contribution in [3.05, 3.63) is 136 Å². The van der Waals surface area contributed by atoms with E-state index in [0.717, 1.165) is 66.1 Å². The molecule has 1 aliphatic heterocycles. The zero-order chi connectivity index (χ0) is 34.5. The smallest absolute Gasteiger partial charge is 0.265 e. The van der Waals surface area contributed by atoms with Crippen molar-refractivity contribution in [1.82, 2.24) is 24.3 Å². The highest BCUT2D eigenvalue weighted by Crippen LogP contribution is 2.34. The van der Waals surface area contributed by atoms with E-state index < -0.39 is 5.56 Å². The fraction of sp³-hybridized carbons (Fsp3) is 0.205. The van der Waals surface area contributed by atoms with Crippen molar-refractivity contribution in [2.75, 3.05) is 45.6 Å². The van der Waals surface area contributed by atoms with Crippen molar-refractivity contribution >= 4 is 23.0 Å². The molecule has 0 unspecified atom stereocenters. The molecule has 1 aliphatic rings. The highest BCUT2D eigenvalue weighted by atomic mass is 19.1. The lowest BCUT2D eigenvalue weighted by atomic mass is 10.0. The monoisotopic (exact) mass is 660 g/mol. The third kappa shape index (κ3) is 7.51. The van der Waals surface area contributed by atoms with E-state index in [4.69, 9.17) is 0 Å². The lowest BCUT2D eigenvalue weighted by Gasteiger charge is -2.32. The summed E-state index contributed by atoms with van der Waals surface area (Å²) < 4.78 is 28.8. The Balaban J connectivity index is 0.000000207. The molecule has 0 bridgehead atoms. The number of benzene rings is 3. The van der Waals surface area contributed by atoms with Gasteiger partial charge in [-0.1, -0.05) is 18.2 Å². The molecule has 0 saturated carbocycles. The molecule has 3 aromatic heterocycles. The number of H-pyrrole nitrogens is 1. The van der Waals surface area contributed by atoms with Crippen LogP contribution in [0.3, 0.4) is 0 Å². The Hall–Kier alpha value is -5.45. The molecule has 49 heavy (non-hydrogen) atoms. The van der Waals surface area contributed by atoms with E-state index in [1.165, 1.54) is 46.5 Å². The first-order valence-electron chi connectivity index (χ1n) is 16.1. The number of halogens is 2. The quantitative estimate of drug-likeness (QED) is 0.181. The minimum Gasteiger partial charge on any atom is -0.388 e. The van der Waals surface area contributed by atoms with Gasteiger partial charge in [0, 0.05) is 91.3 Å². The van der Waals surface area contributed by atoms with E-state index in [9.17, 15) is 18.4 Å². The van der Waals surface area contributed by atoms with Crippen LogP contribution in [0.25, 0.3) is 39.0 Å². The number of hydrogen-bond donors (Lipinski definition) is 2. The number of anilines is 1. The van der Waals surface area contributed by atoms with Gasteiger partial charge in [0.15, 0.2) is 6.29 Å². The predicted octanol–water partition coefficient (Wildman–Crippen LogP) is 6.92. The van der Waals surface area contributed by atoms with Crippen LogP contribution in [0.1, 0.15) is 21.6 Å². The maximum atomic E-state index is 14.7. The summed E-state index contributed by atoms with van der Waals surface area (Å²) in [6.45, 7) is 7.12. The maximum absolute atomic E-state index is 14.7. The molecule has 1 fully saturated rings. The Kier molecular flexibility index (Phi) is 10.1. The van der Waals surface area contributed by atoms with Gasteiger partial charge in [-0.05, 0) is 91.8 Å². The molecule has 250 valence electrons. The highest BCUT2D eigenvalue weighted by molar-refractivity contribution is 5.96. The molecule has 0 spiro atoms. The van der Waals surface area contributed by atoms with Gasteiger partial charge in [0.1, 0.15) is 17.3 Å². The van der Waals surface area contributed by atoms with E-state index in [0.29, 0.717) is 23.2 Å². The summed E-state index contributed by atoms with van der Waals surface area (Å²) >= 11 is 0. The zero-order valence-electron chi connectivity index (χ0n) is 27.7. The Morgan fingerprint density at radius 3 is 2.41 bits per heavy atom. The standard InChI is InChI=1S/C26H28FN5.C13H10FNO2/c1-28-21-6-7-25(27)22(14-21)24-16-30-26-23(24)13-20(15-29-26)19-5-3-4-18(12-19)17-32-10-8-31(2)9-11-32;1-9-2-3-10(8-16)13(17)15(9)12-6-4-11(14)5-7-12/h3-7,12-16,28H,8-11,17H2,1-2H3,(H,29,30);2-8H,1H3. The summed E-state index contributed by atoms with van der Waals surface area (Å²) in [7, 11) is 4.01. The topological polar surface area (TPSA) is 86.3 Å². The molecular weight excluding hydrogens is 622 g/mol. The summed E-state index contributed by atoms with van der Waals surface area (Å²) in [5, 5.41) is 4.00. The first-order chi connectivity index (χ1) is 23.7. The summed E-state index contributed by atoms with van der Waals surface area (Å²) in [5.41, 5.74) is 7.38. The van der Waals surface area contributed by atoms with E-state index >= 15 is 0 Å². The number of nitrogens with zero attached hydrogens (tertiary/aromatic N) is 4. The Bertz CT molecular complexity index is 2150. The number of nitrogens with one attached hydrogen (secondary N) is 2. The van der Waals surface area contributed by atoms with E-state index in [1.807, 2.05) is 25.5 Å². The number of aldehydes is 1. The average molecular weight is 661 g/mol. The van der Waals surface area contributed by atoms with Gasteiger partial charge in [0.2, 0.25) is 0 Å². The summed E-state index contributed by atoms with van der Waals surface area (Å²) in [5.74, 6) is -0.615. The number of likely N-dealkylation sites (N-methyl/N-ethyl adjacent to an activating group) is 1. The molecule has 7 rings (SSSR count). The molecular formula is C39H38F2N6O2. The molecule has 2 N–H and O–H groups in total. The molecule has 6 aromatic rings. The van der Waals surface area contributed by atoms with Crippen LogP contribution in [0.4, 0.5) is 14.5 Å². The minimum absolute atomic E-state index is 0.0833. The summed E-state index contributed by atoms with van der Waals surface area (Å²) in [6, 6.07) is 24.5. The van der Waals surface area contributed by atoms with Gasteiger partial charge in [-0.25, -0.2) is 13.8 Å². The number of aromatic nitrogens is 3. The number of aryl methyl sites for hydroxylation is 1. The second-order valence-corrected chi connectivity index (χ2v) is 12.2. The van der Waals surface area contributed by atoms with Crippen molar-refractivity contribution < 1.29 is 13.6 Å². The molecule has 8 nitrogen and oxygen atoms in total. The number of rotatable bonds is 7. The molecule has 3 aromatic carbocycles. The van der Waals surface area contributed by atoms with Gasteiger partial charge in [-0.2, -0.15) is 0 Å². The second kappa shape index (κ2) is 14.8. The number of hydrogen-bond acceptors (Lipinski definition) is 6. The first kappa shape index (κ1) is 33.5. The number of carbonyl (C=O) groups excluding carboxylic acids is 1. The van der Waals surface area contributed by atoms with Gasteiger partial charge in [0.05, 0.1) is 5.56 Å². The van der Waals surface area contributed by atoms with E-state index in [1.54, 1.807) is 19.1 Å². The number of fused-ring (bicyclic) bond motifs is 1. The number of aromatic amines is 1. The van der Waals surface area contributed by atoms with Crippen LogP contribution >= 0.6 is 0 Å². The third-order valence-electron chi connectivity index (χ3n) is 8.86. The molecule has 0 amide bonds. The van der Waals surface area contributed by atoms with Crippen molar-refractivity contribution in [1.29, 1.82) is 0 Å². The molecule has 10 heteroatoms. The lowest BCUT2D eigenvalue weighted by Crippen LogP contribution is -2.43. The molecule has 0 atom stereocenters. The fourth-order valence-corrected chi connectivity index (χ4v) is 6.03. The van der Waals surface area contributed by atoms with Crippen molar-refractivity contribution in [3.8, 4) is 27.9 Å². The predicted molar refractivity (Wildman–Crippen MR) is 191 cm³/mol. The largest absolute Gasteiger partial charge is 0.388 e. The number of carbonyl (C=O) groups is 1. The molecule has 4 heterocycles. The highest BCUT2D eigenvalue weighted by Gasteiger charge is 2.16. The van der Waals surface area contributed by atoms with Gasteiger partial charge in [0.25, 0.3) is 5.56 Å². The van der Waals surface area contributed by atoms with E-state index in [2.05, 4.69) is 62.5 Å². The fourth-order valence-electron chi connectivity index (χ4n) is 6.03. The van der Waals surface area contributed by atoms with Crippen LogP contribution in [-0.2, 0) is 6.54 Å². The first-order valence-corrected chi connectivity index (χ1v) is 16.1. The Morgan fingerprint density at radius 1 is 0.898 bits per heavy atom. The van der Waals surface area contributed by atoms with Gasteiger partial charge in [-0.15, -0.1) is 0 Å². The van der Waals surface area contributed by atoms with Crippen LogP contribution in [-0.4, -0.2) is 70.9 Å². The van der Waals surface area contributed by atoms with Crippen molar-refractivity contribution in [2.45, 2.75) is 13.5 Å². The van der Waals surface area contributed by atoms with Crippen LogP contribution in [0, 0.1) is 18.6 Å². The Labute approximate surface area is 283 Å². The SMILES string of the molecule is CNc1ccc(F)c(-c2c[nH]c3ncc(-c4cccc(CN5CCN(C)CC5)c4)cc23)c1.Cc1ccc(C=O)c(=O)n1-c1ccc(F)cc1. The van der Waals surface area contributed by atoms with Gasteiger partial charge >= 0.3 is 0 Å². The van der Waals surface area contributed by atoms with Crippen molar-refractivity contribution in [2.24, 2.45) is 0 Å². The van der Waals surface area contributed by atoms with E-state index in [-0.39, 0.29) is 17.2 Å². The normalized spacial score (nSPS) is 13.6. The van der Waals surface area contributed by atoms with Crippen LogP contribution in [0.5, 0.6) is 0 Å². The molecule has 0 aliphatic carbocycles. The number of pyridine rings is 2. The third-order valence-corrected chi connectivity index (χ3v) is 8.86. The second-order valence-electron chi connectivity index (χ2n) is 12.2. The lowest BCUT2D eigenvalue weighted by molar-refractivity contribution is 0.112. The van der Waals surface area contributed by atoms with Crippen LogP contribution in [0.2, 0.25) is 0 Å². The minimum atomic E-state index is -0.397.